The van der Waals surface area contributed by atoms with Crippen LogP contribution in [0.4, 0.5) is 5.82 Å². The Morgan fingerprint density at radius 1 is 1.50 bits per heavy atom. The summed E-state index contributed by atoms with van der Waals surface area (Å²) in [5, 5.41) is 2.10. The maximum absolute atomic E-state index is 6.04. The standard InChI is InChI=1S/C15H24N4S/c1-10-4-5-18(12(3)8-10)14-13(9-11(2)16)19-6-7-20-15(19)17-14/h6-7,10-12H,4-5,8-9,16H2,1-3H3. The monoisotopic (exact) mass is 292 g/mol. The molecular weight excluding hydrogens is 268 g/mol. The normalized spacial score (nSPS) is 25.3. The zero-order valence-electron chi connectivity index (χ0n) is 12.5. The molecule has 4 nitrogen and oxygen atoms in total. The second-order valence-electron chi connectivity index (χ2n) is 6.29. The van der Waals surface area contributed by atoms with Crippen molar-refractivity contribution < 1.29 is 0 Å². The largest absolute Gasteiger partial charge is 0.352 e. The summed E-state index contributed by atoms with van der Waals surface area (Å²) in [5.41, 5.74) is 7.32. The van der Waals surface area contributed by atoms with Gasteiger partial charge in [0.05, 0.1) is 5.69 Å². The third-order valence-electron chi connectivity index (χ3n) is 4.27. The van der Waals surface area contributed by atoms with Gasteiger partial charge in [-0.15, -0.1) is 11.3 Å². The van der Waals surface area contributed by atoms with Gasteiger partial charge in [0.25, 0.3) is 0 Å². The van der Waals surface area contributed by atoms with Gasteiger partial charge in [-0.1, -0.05) is 6.92 Å². The molecule has 5 heteroatoms. The van der Waals surface area contributed by atoms with Crippen molar-refractivity contribution in [1.82, 2.24) is 9.38 Å². The van der Waals surface area contributed by atoms with Crippen molar-refractivity contribution in [2.75, 3.05) is 11.4 Å². The first-order chi connectivity index (χ1) is 9.56. The van der Waals surface area contributed by atoms with Gasteiger partial charge in [-0.25, -0.2) is 4.98 Å². The average Bonchev–Trinajstić information content (AvgIpc) is 2.92. The van der Waals surface area contributed by atoms with Crippen molar-refractivity contribution in [2.45, 2.75) is 52.1 Å². The molecule has 0 aromatic carbocycles. The van der Waals surface area contributed by atoms with Crippen molar-refractivity contribution in [3.63, 3.8) is 0 Å². The molecule has 1 fully saturated rings. The summed E-state index contributed by atoms with van der Waals surface area (Å²) in [4.78, 5) is 8.44. The summed E-state index contributed by atoms with van der Waals surface area (Å²) in [6, 6.07) is 0.725. The molecule has 20 heavy (non-hydrogen) atoms. The minimum Gasteiger partial charge on any atom is -0.352 e. The van der Waals surface area contributed by atoms with Crippen molar-refractivity contribution in [1.29, 1.82) is 0 Å². The molecule has 1 saturated heterocycles. The molecule has 2 N–H and O–H groups in total. The fourth-order valence-corrected chi connectivity index (χ4v) is 4.00. The van der Waals surface area contributed by atoms with Gasteiger partial charge in [0.2, 0.25) is 0 Å². The first-order valence-electron chi connectivity index (χ1n) is 7.53. The zero-order chi connectivity index (χ0) is 14.3. The lowest BCUT2D eigenvalue weighted by Crippen LogP contribution is -2.41. The molecule has 3 heterocycles. The zero-order valence-corrected chi connectivity index (χ0v) is 13.4. The van der Waals surface area contributed by atoms with Crippen LogP contribution < -0.4 is 10.6 Å². The van der Waals surface area contributed by atoms with Crippen molar-refractivity contribution in [3.05, 3.63) is 17.3 Å². The SMILES string of the molecule is CC(N)Cc1c(N2CCC(C)CC2C)nc2sccn12. The summed E-state index contributed by atoms with van der Waals surface area (Å²) in [7, 11) is 0. The molecule has 0 amide bonds. The molecule has 0 saturated carbocycles. The second-order valence-corrected chi connectivity index (χ2v) is 7.16. The van der Waals surface area contributed by atoms with Crippen molar-refractivity contribution >= 4 is 22.1 Å². The number of hydrogen-bond acceptors (Lipinski definition) is 4. The van der Waals surface area contributed by atoms with Crippen LogP contribution in [-0.2, 0) is 6.42 Å². The number of aromatic nitrogens is 2. The summed E-state index contributed by atoms with van der Waals surface area (Å²) >= 11 is 1.70. The summed E-state index contributed by atoms with van der Waals surface area (Å²) in [6.07, 6.45) is 5.51. The molecule has 0 radical (unpaired) electrons. The molecule has 2 aromatic rings. The Balaban J connectivity index is 1.99. The molecule has 3 rings (SSSR count). The third-order valence-corrected chi connectivity index (χ3v) is 5.02. The third kappa shape index (κ3) is 2.44. The fraction of sp³-hybridized carbons (Fsp3) is 0.667. The van der Waals surface area contributed by atoms with E-state index in [-0.39, 0.29) is 6.04 Å². The Morgan fingerprint density at radius 3 is 3.00 bits per heavy atom. The molecule has 2 aromatic heterocycles. The van der Waals surface area contributed by atoms with E-state index < -0.39 is 0 Å². The maximum atomic E-state index is 6.04. The Hall–Kier alpha value is -1.07. The van der Waals surface area contributed by atoms with Crippen LogP contribution >= 0.6 is 11.3 Å². The molecule has 0 aliphatic carbocycles. The predicted molar refractivity (Wildman–Crippen MR) is 85.6 cm³/mol. The Morgan fingerprint density at radius 2 is 2.30 bits per heavy atom. The van der Waals surface area contributed by atoms with Gasteiger partial charge in [-0.05, 0) is 32.6 Å². The van der Waals surface area contributed by atoms with E-state index in [4.69, 9.17) is 10.7 Å². The molecule has 0 spiro atoms. The van der Waals surface area contributed by atoms with Gasteiger partial charge >= 0.3 is 0 Å². The van der Waals surface area contributed by atoms with E-state index in [9.17, 15) is 0 Å². The van der Waals surface area contributed by atoms with Crippen LogP contribution in [0.1, 0.15) is 39.3 Å². The van der Waals surface area contributed by atoms with E-state index in [1.54, 1.807) is 11.3 Å². The summed E-state index contributed by atoms with van der Waals surface area (Å²) in [6.45, 7) is 7.84. The van der Waals surface area contributed by atoms with Crippen LogP contribution in [0.25, 0.3) is 4.96 Å². The Bertz CT molecular complexity index is 586. The summed E-state index contributed by atoms with van der Waals surface area (Å²) in [5.74, 6) is 1.98. The van der Waals surface area contributed by atoms with Gasteiger partial charge in [-0.3, -0.25) is 4.40 Å². The Labute approximate surface area is 124 Å². The first kappa shape index (κ1) is 13.9. The quantitative estimate of drug-likeness (QED) is 0.946. The van der Waals surface area contributed by atoms with Crippen LogP contribution in [0, 0.1) is 5.92 Å². The number of nitrogens with two attached hydrogens (primary N) is 1. The van der Waals surface area contributed by atoms with Crippen LogP contribution in [-0.4, -0.2) is 28.0 Å². The highest BCUT2D eigenvalue weighted by Crippen LogP contribution is 2.32. The van der Waals surface area contributed by atoms with Crippen LogP contribution in [0.3, 0.4) is 0 Å². The lowest BCUT2D eigenvalue weighted by atomic mass is 9.93. The van der Waals surface area contributed by atoms with Crippen LogP contribution in [0.5, 0.6) is 0 Å². The molecule has 3 atom stereocenters. The number of piperidine rings is 1. The molecule has 1 aliphatic heterocycles. The first-order valence-corrected chi connectivity index (χ1v) is 8.41. The number of imidazole rings is 1. The Kier molecular flexibility index (Phi) is 3.73. The fourth-order valence-electron chi connectivity index (χ4n) is 3.27. The van der Waals surface area contributed by atoms with Crippen molar-refractivity contribution in [2.24, 2.45) is 11.7 Å². The van der Waals surface area contributed by atoms with Crippen LogP contribution in [0.15, 0.2) is 11.6 Å². The highest BCUT2D eigenvalue weighted by atomic mass is 32.1. The number of hydrogen-bond donors (Lipinski definition) is 1. The number of rotatable bonds is 3. The van der Waals surface area contributed by atoms with Crippen molar-refractivity contribution in [3.8, 4) is 0 Å². The average molecular weight is 292 g/mol. The molecule has 110 valence electrons. The number of thiazole rings is 1. The van der Waals surface area contributed by atoms with Gasteiger partial charge in [0, 0.05) is 36.6 Å². The van der Waals surface area contributed by atoms with Gasteiger partial charge in [0.1, 0.15) is 0 Å². The molecule has 0 bridgehead atoms. The number of fused-ring (bicyclic) bond motifs is 1. The maximum Gasteiger partial charge on any atom is 0.195 e. The minimum atomic E-state index is 0.160. The minimum absolute atomic E-state index is 0.160. The molecular formula is C15H24N4S. The van der Waals surface area contributed by atoms with Crippen LogP contribution in [0.2, 0.25) is 0 Å². The number of anilines is 1. The van der Waals surface area contributed by atoms with E-state index in [0.717, 1.165) is 29.7 Å². The van der Waals surface area contributed by atoms with Gasteiger partial charge in [0.15, 0.2) is 10.8 Å². The second kappa shape index (κ2) is 5.37. The molecule has 3 unspecified atom stereocenters. The predicted octanol–water partition coefficient (Wildman–Crippen LogP) is 2.91. The summed E-state index contributed by atoms with van der Waals surface area (Å²) < 4.78 is 2.22. The van der Waals surface area contributed by atoms with E-state index >= 15 is 0 Å². The van der Waals surface area contributed by atoms with E-state index in [1.807, 2.05) is 0 Å². The van der Waals surface area contributed by atoms with Gasteiger partial charge in [-0.2, -0.15) is 0 Å². The molecule has 1 aliphatic rings. The lowest BCUT2D eigenvalue weighted by Gasteiger charge is -2.37. The van der Waals surface area contributed by atoms with Gasteiger partial charge < -0.3 is 10.6 Å². The smallest absolute Gasteiger partial charge is 0.195 e. The highest BCUT2D eigenvalue weighted by Gasteiger charge is 2.28. The topological polar surface area (TPSA) is 46.6 Å². The van der Waals surface area contributed by atoms with E-state index in [1.165, 1.54) is 18.5 Å². The van der Waals surface area contributed by atoms with E-state index in [2.05, 4.69) is 41.6 Å². The number of nitrogens with zero attached hydrogens (tertiary/aromatic N) is 3. The van der Waals surface area contributed by atoms with E-state index in [0.29, 0.717) is 6.04 Å². The lowest BCUT2D eigenvalue weighted by molar-refractivity contribution is 0.375. The highest BCUT2D eigenvalue weighted by molar-refractivity contribution is 7.15.